The molecular formula is C22H24FN3O2. The zero-order chi connectivity index (χ0) is 19.3. The molecule has 0 bridgehead atoms. The van der Waals surface area contributed by atoms with Gasteiger partial charge < -0.3 is 10.1 Å². The lowest BCUT2D eigenvalue weighted by Crippen LogP contribution is -2.37. The molecule has 5 nitrogen and oxygen atoms in total. The summed E-state index contributed by atoms with van der Waals surface area (Å²) < 4.78 is 18.7. The van der Waals surface area contributed by atoms with Gasteiger partial charge in [0.15, 0.2) is 0 Å². The van der Waals surface area contributed by atoms with E-state index in [1.807, 2.05) is 12.1 Å². The molecule has 146 valence electrons. The second kappa shape index (κ2) is 6.76. The number of benzene rings is 1. The number of aromatic nitrogens is 1. The summed E-state index contributed by atoms with van der Waals surface area (Å²) in [7, 11) is 0. The molecule has 1 aliphatic heterocycles. The van der Waals surface area contributed by atoms with Gasteiger partial charge in [-0.25, -0.2) is 9.18 Å². The van der Waals surface area contributed by atoms with Crippen LogP contribution >= 0.6 is 0 Å². The van der Waals surface area contributed by atoms with E-state index in [1.54, 1.807) is 17.0 Å². The number of carbonyl (C=O) groups is 1. The zero-order valence-corrected chi connectivity index (χ0v) is 15.9. The maximum absolute atomic E-state index is 13.2. The third kappa shape index (κ3) is 3.32. The first-order chi connectivity index (χ1) is 13.6. The first-order valence-electron chi connectivity index (χ1n) is 10.1. The van der Waals surface area contributed by atoms with Gasteiger partial charge in [-0.1, -0.05) is 6.92 Å². The number of rotatable bonds is 5. The molecule has 2 fully saturated rings. The molecule has 6 heteroatoms. The molecule has 2 aliphatic carbocycles. The lowest BCUT2D eigenvalue weighted by atomic mass is 10.0. The van der Waals surface area contributed by atoms with Crippen LogP contribution in [0.4, 0.5) is 20.6 Å². The smallest absolute Gasteiger partial charge is 0.414 e. The number of fused-ring (bicyclic) bond motifs is 3. The Morgan fingerprint density at radius 1 is 1.29 bits per heavy atom. The van der Waals surface area contributed by atoms with Crippen LogP contribution in [0.15, 0.2) is 36.4 Å². The van der Waals surface area contributed by atoms with Crippen molar-refractivity contribution in [2.75, 3.05) is 16.8 Å². The molecule has 0 spiro atoms. The van der Waals surface area contributed by atoms with Crippen LogP contribution in [-0.4, -0.2) is 23.7 Å². The Kier molecular flexibility index (Phi) is 4.22. The Bertz CT molecular complexity index is 897. The van der Waals surface area contributed by atoms with Crippen LogP contribution in [0.1, 0.15) is 56.0 Å². The van der Waals surface area contributed by atoms with Crippen molar-refractivity contribution >= 4 is 17.5 Å². The molecule has 3 aliphatic rings. The molecule has 1 N–H and O–H groups in total. The van der Waals surface area contributed by atoms with Crippen molar-refractivity contribution in [1.29, 1.82) is 0 Å². The van der Waals surface area contributed by atoms with Crippen molar-refractivity contribution in [1.82, 2.24) is 4.98 Å². The van der Waals surface area contributed by atoms with Gasteiger partial charge in [-0.05, 0) is 68.0 Å². The number of pyridine rings is 1. The minimum atomic E-state index is -0.247. The molecule has 0 saturated heterocycles. The summed E-state index contributed by atoms with van der Waals surface area (Å²) in [4.78, 5) is 19.3. The largest absolute Gasteiger partial charge is 0.446 e. The summed E-state index contributed by atoms with van der Waals surface area (Å²) in [5, 5.41) is 3.44. The average Bonchev–Trinajstić information content (AvgIpc) is 3.61. The number of ether oxygens (including phenoxy) is 1. The minimum absolute atomic E-state index is 0.0294. The van der Waals surface area contributed by atoms with Crippen molar-refractivity contribution < 1.29 is 13.9 Å². The predicted molar refractivity (Wildman–Crippen MR) is 105 cm³/mol. The van der Waals surface area contributed by atoms with E-state index < -0.39 is 0 Å². The van der Waals surface area contributed by atoms with Crippen molar-refractivity contribution in [3.8, 4) is 0 Å². The molecule has 2 saturated carbocycles. The van der Waals surface area contributed by atoms with Crippen molar-refractivity contribution in [2.45, 2.75) is 50.7 Å². The maximum atomic E-state index is 13.2. The summed E-state index contributed by atoms with van der Waals surface area (Å²) in [6.07, 6.45) is 3.75. The van der Waals surface area contributed by atoms with E-state index in [4.69, 9.17) is 9.72 Å². The van der Waals surface area contributed by atoms with Gasteiger partial charge in [-0.3, -0.25) is 9.88 Å². The topological polar surface area (TPSA) is 54.5 Å². The molecule has 28 heavy (non-hydrogen) atoms. The summed E-state index contributed by atoms with van der Waals surface area (Å²) in [5.74, 6) is 0.693. The minimum Gasteiger partial charge on any atom is -0.446 e. The summed E-state index contributed by atoms with van der Waals surface area (Å²) >= 11 is 0. The predicted octanol–water partition coefficient (Wildman–Crippen LogP) is 5.01. The van der Waals surface area contributed by atoms with Crippen LogP contribution in [0.3, 0.4) is 0 Å². The van der Waals surface area contributed by atoms with E-state index in [1.165, 1.54) is 12.1 Å². The fourth-order valence-corrected chi connectivity index (χ4v) is 3.99. The number of halogens is 1. The normalized spacial score (nSPS) is 23.4. The molecule has 1 aromatic carbocycles. The standard InChI is InChI=1S/C22H24FN3O2/c1-2-18(24-15-5-3-14(23)4-6-15)19-9-10-20-21(25-19)17-11-13(17)12-26(20)22(27)28-16-7-8-16/h3-6,9-10,13,16-18,24H,2,7-8,11-12H2,1H3. The lowest BCUT2D eigenvalue weighted by molar-refractivity contribution is 0.146. The van der Waals surface area contributed by atoms with Gasteiger partial charge in [0.05, 0.1) is 23.1 Å². The van der Waals surface area contributed by atoms with Gasteiger partial charge in [0, 0.05) is 18.2 Å². The highest BCUT2D eigenvalue weighted by Crippen LogP contribution is 2.54. The maximum Gasteiger partial charge on any atom is 0.414 e. The van der Waals surface area contributed by atoms with E-state index >= 15 is 0 Å². The molecule has 1 aromatic heterocycles. The second-order valence-electron chi connectivity index (χ2n) is 8.05. The number of hydrogen-bond acceptors (Lipinski definition) is 4. The molecule has 2 aromatic rings. The first-order valence-corrected chi connectivity index (χ1v) is 10.1. The summed E-state index contributed by atoms with van der Waals surface area (Å²) in [6.45, 7) is 2.83. The third-order valence-electron chi connectivity index (χ3n) is 5.87. The SMILES string of the molecule is CCC(Nc1ccc(F)cc1)c1ccc2c(n1)C1CC1CN2C(=O)OC1CC1. The molecule has 2 heterocycles. The van der Waals surface area contributed by atoms with Crippen LogP contribution in [0.5, 0.6) is 0 Å². The van der Waals surface area contributed by atoms with Crippen LogP contribution in [-0.2, 0) is 4.74 Å². The van der Waals surface area contributed by atoms with E-state index in [2.05, 4.69) is 12.2 Å². The zero-order valence-electron chi connectivity index (χ0n) is 15.9. The number of anilines is 2. The van der Waals surface area contributed by atoms with Gasteiger partial charge >= 0.3 is 6.09 Å². The third-order valence-corrected chi connectivity index (χ3v) is 5.87. The number of nitrogens with one attached hydrogen (secondary N) is 1. The van der Waals surface area contributed by atoms with Gasteiger partial charge in [-0.2, -0.15) is 0 Å². The second-order valence-corrected chi connectivity index (χ2v) is 8.05. The van der Waals surface area contributed by atoms with Gasteiger partial charge in [0.25, 0.3) is 0 Å². The van der Waals surface area contributed by atoms with E-state index in [0.717, 1.165) is 55.0 Å². The van der Waals surface area contributed by atoms with Gasteiger partial charge in [0.1, 0.15) is 11.9 Å². The number of nitrogens with zero attached hydrogens (tertiary/aromatic N) is 2. The van der Waals surface area contributed by atoms with E-state index in [-0.39, 0.29) is 24.1 Å². The van der Waals surface area contributed by atoms with Gasteiger partial charge in [0.2, 0.25) is 0 Å². The fourth-order valence-electron chi connectivity index (χ4n) is 3.99. The van der Waals surface area contributed by atoms with Crippen molar-refractivity contribution in [2.24, 2.45) is 5.92 Å². The average molecular weight is 381 g/mol. The Balaban J connectivity index is 1.40. The molecule has 0 radical (unpaired) electrons. The highest BCUT2D eigenvalue weighted by molar-refractivity contribution is 5.90. The Morgan fingerprint density at radius 3 is 2.79 bits per heavy atom. The van der Waals surface area contributed by atoms with E-state index in [0.29, 0.717) is 11.8 Å². The Labute approximate surface area is 163 Å². The molecule has 3 atom stereocenters. The summed E-state index contributed by atoms with van der Waals surface area (Å²) in [5.41, 5.74) is 3.73. The van der Waals surface area contributed by atoms with Crippen LogP contribution in [0.25, 0.3) is 0 Å². The lowest BCUT2D eigenvalue weighted by Gasteiger charge is -2.29. The molecule has 5 rings (SSSR count). The molecule has 1 amide bonds. The van der Waals surface area contributed by atoms with Crippen LogP contribution in [0.2, 0.25) is 0 Å². The number of carbonyl (C=O) groups excluding carboxylic acids is 1. The van der Waals surface area contributed by atoms with Crippen molar-refractivity contribution in [3.63, 3.8) is 0 Å². The highest BCUT2D eigenvalue weighted by Gasteiger charge is 2.48. The van der Waals surface area contributed by atoms with Crippen LogP contribution < -0.4 is 10.2 Å². The molecular weight excluding hydrogens is 357 g/mol. The summed E-state index contributed by atoms with van der Waals surface area (Å²) in [6, 6.07) is 10.4. The number of amides is 1. The van der Waals surface area contributed by atoms with Gasteiger partial charge in [-0.15, -0.1) is 0 Å². The van der Waals surface area contributed by atoms with Crippen molar-refractivity contribution in [3.05, 3.63) is 53.6 Å². The monoisotopic (exact) mass is 381 g/mol. The first kappa shape index (κ1) is 17.5. The molecule has 3 unspecified atom stereocenters. The number of hydrogen-bond donors (Lipinski definition) is 1. The Morgan fingerprint density at radius 2 is 2.07 bits per heavy atom. The van der Waals surface area contributed by atoms with E-state index in [9.17, 15) is 9.18 Å². The van der Waals surface area contributed by atoms with Crippen LogP contribution in [0, 0.1) is 11.7 Å². The fraction of sp³-hybridized carbons (Fsp3) is 0.455. The Hall–Kier alpha value is -2.63. The highest BCUT2D eigenvalue weighted by atomic mass is 19.1. The quantitative estimate of drug-likeness (QED) is 0.791.